The maximum Gasteiger partial charge on any atom is 0.255 e. The maximum atomic E-state index is 13.0. The molecule has 0 spiro atoms. The van der Waals surface area contributed by atoms with Gasteiger partial charge in [0.15, 0.2) is 0 Å². The molecule has 1 atom stereocenters. The summed E-state index contributed by atoms with van der Waals surface area (Å²) in [6, 6.07) is 9.90. The number of amides is 1. The molecule has 1 fully saturated rings. The fraction of sp³-hybridized carbons (Fsp3) is 0.200. The largest absolute Gasteiger partial charge is 0.384 e. The first kappa shape index (κ1) is 17.8. The normalized spacial score (nSPS) is 16.2. The van der Waals surface area contributed by atoms with Crippen LogP contribution in [0.4, 0.5) is 21.7 Å². The number of carbonyl (C=O) groups excluding carboxylic acids is 1. The van der Waals surface area contributed by atoms with Crippen LogP contribution in [0.2, 0.25) is 0 Å². The molecule has 4 rings (SSSR count). The summed E-state index contributed by atoms with van der Waals surface area (Å²) >= 11 is 0. The molecule has 0 aliphatic carbocycles. The first-order valence-corrected chi connectivity index (χ1v) is 8.97. The van der Waals surface area contributed by atoms with Gasteiger partial charge in [0.1, 0.15) is 17.5 Å². The lowest BCUT2D eigenvalue weighted by molar-refractivity contribution is 0.0732. The van der Waals surface area contributed by atoms with Gasteiger partial charge in [-0.15, -0.1) is 0 Å². The van der Waals surface area contributed by atoms with E-state index in [2.05, 4.69) is 20.3 Å². The summed E-state index contributed by atoms with van der Waals surface area (Å²) in [5, 5.41) is 3.07. The molecular weight excluding hydrogens is 359 g/mol. The second-order valence-corrected chi connectivity index (χ2v) is 6.59. The van der Waals surface area contributed by atoms with Crippen molar-refractivity contribution in [3.63, 3.8) is 0 Å². The van der Waals surface area contributed by atoms with Gasteiger partial charge in [-0.1, -0.05) is 0 Å². The Balaban J connectivity index is 1.49. The first-order chi connectivity index (χ1) is 13.6. The second kappa shape index (κ2) is 7.59. The number of likely N-dealkylation sites (tertiary alicyclic amines) is 1. The smallest absolute Gasteiger partial charge is 0.255 e. The zero-order chi connectivity index (χ0) is 19.5. The van der Waals surface area contributed by atoms with E-state index in [0.29, 0.717) is 23.7 Å². The summed E-state index contributed by atoms with van der Waals surface area (Å²) in [7, 11) is 0. The molecule has 0 saturated carbocycles. The topological polar surface area (TPSA) is 97.0 Å². The number of pyridine rings is 3. The van der Waals surface area contributed by atoms with Crippen LogP contribution in [0.15, 0.2) is 55.0 Å². The number of rotatable bonds is 4. The zero-order valence-corrected chi connectivity index (χ0v) is 15.0. The van der Waals surface area contributed by atoms with E-state index in [4.69, 9.17) is 5.73 Å². The molecule has 8 heteroatoms. The summed E-state index contributed by atoms with van der Waals surface area (Å²) in [4.78, 5) is 27.2. The van der Waals surface area contributed by atoms with E-state index in [1.807, 2.05) is 17.0 Å². The van der Waals surface area contributed by atoms with Crippen LogP contribution in [-0.2, 0) is 0 Å². The van der Waals surface area contributed by atoms with Crippen LogP contribution in [0.3, 0.4) is 0 Å². The Bertz CT molecular complexity index is 959. The van der Waals surface area contributed by atoms with Crippen LogP contribution >= 0.6 is 0 Å². The summed E-state index contributed by atoms with van der Waals surface area (Å²) in [6.45, 7) is 0.676. The minimum absolute atomic E-state index is 0.0745. The Labute approximate surface area is 161 Å². The number of carbonyl (C=O) groups is 1. The fourth-order valence-corrected chi connectivity index (χ4v) is 3.29. The van der Waals surface area contributed by atoms with Crippen molar-refractivity contribution >= 4 is 23.2 Å². The SMILES string of the molecule is Nc1ccc(C(=O)N2CCCC2c2ccc(Nc3ccc(F)cn3)cn2)cn1. The molecule has 1 saturated heterocycles. The molecule has 3 aromatic heterocycles. The Morgan fingerprint density at radius 3 is 2.64 bits per heavy atom. The van der Waals surface area contributed by atoms with E-state index >= 15 is 0 Å². The molecule has 0 radical (unpaired) electrons. The highest BCUT2D eigenvalue weighted by molar-refractivity contribution is 5.94. The number of anilines is 3. The van der Waals surface area contributed by atoms with Crippen LogP contribution in [0, 0.1) is 5.82 Å². The van der Waals surface area contributed by atoms with E-state index in [0.717, 1.165) is 30.4 Å². The lowest BCUT2D eigenvalue weighted by Gasteiger charge is -2.24. The Morgan fingerprint density at radius 2 is 1.96 bits per heavy atom. The highest BCUT2D eigenvalue weighted by Crippen LogP contribution is 2.32. The molecule has 0 aromatic carbocycles. The van der Waals surface area contributed by atoms with Gasteiger partial charge in [0, 0.05) is 12.7 Å². The predicted octanol–water partition coefficient (Wildman–Crippen LogP) is 3.31. The number of nitrogens with one attached hydrogen (secondary N) is 1. The van der Waals surface area contributed by atoms with Gasteiger partial charge in [-0.25, -0.2) is 14.4 Å². The minimum Gasteiger partial charge on any atom is -0.384 e. The fourth-order valence-electron chi connectivity index (χ4n) is 3.29. The van der Waals surface area contributed by atoms with Crippen molar-refractivity contribution in [2.45, 2.75) is 18.9 Å². The lowest BCUT2D eigenvalue weighted by Crippen LogP contribution is -2.31. The second-order valence-electron chi connectivity index (χ2n) is 6.59. The molecule has 142 valence electrons. The molecule has 4 heterocycles. The summed E-state index contributed by atoms with van der Waals surface area (Å²) < 4.78 is 13.0. The van der Waals surface area contributed by atoms with Crippen molar-refractivity contribution in [2.75, 3.05) is 17.6 Å². The highest BCUT2D eigenvalue weighted by atomic mass is 19.1. The standard InChI is InChI=1S/C20H19FN6O/c21-14-4-8-19(25-11-14)26-15-5-6-16(23-12-15)17-2-1-9-27(17)20(28)13-3-7-18(22)24-10-13/h3-8,10-12,17H,1-2,9H2,(H2,22,24)(H,25,26). The van der Waals surface area contributed by atoms with Crippen molar-refractivity contribution < 1.29 is 9.18 Å². The number of nitrogens with zero attached hydrogens (tertiary/aromatic N) is 4. The van der Waals surface area contributed by atoms with Crippen molar-refractivity contribution in [1.82, 2.24) is 19.9 Å². The van der Waals surface area contributed by atoms with Gasteiger partial charge in [0.2, 0.25) is 0 Å². The van der Waals surface area contributed by atoms with Crippen LogP contribution in [0.5, 0.6) is 0 Å². The number of hydrogen-bond donors (Lipinski definition) is 2. The number of aromatic nitrogens is 3. The summed E-state index contributed by atoms with van der Waals surface area (Å²) in [5.41, 5.74) is 7.68. The van der Waals surface area contributed by atoms with Crippen LogP contribution in [0.25, 0.3) is 0 Å². The van der Waals surface area contributed by atoms with Crippen LogP contribution < -0.4 is 11.1 Å². The van der Waals surface area contributed by atoms with Gasteiger partial charge in [0.25, 0.3) is 5.91 Å². The van der Waals surface area contributed by atoms with Gasteiger partial charge >= 0.3 is 0 Å². The third-order valence-corrected chi connectivity index (χ3v) is 4.67. The van der Waals surface area contributed by atoms with E-state index in [-0.39, 0.29) is 17.8 Å². The van der Waals surface area contributed by atoms with Crippen LogP contribution in [-0.4, -0.2) is 32.3 Å². The Kier molecular flexibility index (Phi) is 4.84. The highest BCUT2D eigenvalue weighted by Gasteiger charge is 2.31. The molecule has 1 amide bonds. The first-order valence-electron chi connectivity index (χ1n) is 8.97. The van der Waals surface area contributed by atoms with Gasteiger partial charge in [-0.05, 0) is 49.2 Å². The third-order valence-electron chi connectivity index (χ3n) is 4.67. The van der Waals surface area contributed by atoms with E-state index in [9.17, 15) is 9.18 Å². The van der Waals surface area contributed by atoms with E-state index in [1.54, 1.807) is 24.4 Å². The van der Waals surface area contributed by atoms with Gasteiger partial charge in [-0.2, -0.15) is 0 Å². The molecule has 1 aliphatic heterocycles. The van der Waals surface area contributed by atoms with Gasteiger partial charge in [-0.3, -0.25) is 9.78 Å². The molecule has 1 unspecified atom stereocenters. The maximum absolute atomic E-state index is 13.0. The van der Waals surface area contributed by atoms with Crippen molar-refractivity contribution in [3.8, 4) is 0 Å². The Morgan fingerprint density at radius 1 is 1.07 bits per heavy atom. The number of hydrogen-bond acceptors (Lipinski definition) is 6. The molecule has 3 N–H and O–H groups in total. The molecule has 28 heavy (non-hydrogen) atoms. The summed E-state index contributed by atoms with van der Waals surface area (Å²) in [5.74, 6) is 0.454. The van der Waals surface area contributed by atoms with E-state index < -0.39 is 0 Å². The number of nitrogen functional groups attached to an aromatic ring is 1. The van der Waals surface area contributed by atoms with Crippen molar-refractivity contribution in [1.29, 1.82) is 0 Å². The lowest BCUT2D eigenvalue weighted by atomic mass is 10.1. The van der Waals surface area contributed by atoms with Crippen molar-refractivity contribution in [3.05, 3.63) is 72.1 Å². The Hall–Kier alpha value is -3.55. The average Bonchev–Trinajstić information content (AvgIpc) is 3.20. The molecular formula is C20H19FN6O. The molecule has 0 bridgehead atoms. The summed E-state index contributed by atoms with van der Waals surface area (Å²) in [6.07, 6.45) is 6.11. The zero-order valence-electron chi connectivity index (χ0n) is 15.0. The van der Waals surface area contributed by atoms with Crippen molar-refractivity contribution in [2.24, 2.45) is 0 Å². The molecule has 7 nitrogen and oxygen atoms in total. The predicted molar refractivity (Wildman–Crippen MR) is 103 cm³/mol. The van der Waals surface area contributed by atoms with Crippen LogP contribution in [0.1, 0.15) is 34.9 Å². The third kappa shape index (κ3) is 3.75. The average molecular weight is 378 g/mol. The number of halogens is 1. The monoisotopic (exact) mass is 378 g/mol. The number of nitrogens with two attached hydrogens (primary N) is 1. The quantitative estimate of drug-likeness (QED) is 0.723. The molecule has 3 aromatic rings. The molecule has 1 aliphatic rings. The van der Waals surface area contributed by atoms with Gasteiger partial charge in [0.05, 0.1) is 35.4 Å². The van der Waals surface area contributed by atoms with Gasteiger partial charge < -0.3 is 16.0 Å². The minimum atomic E-state index is -0.388. The van der Waals surface area contributed by atoms with E-state index in [1.165, 1.54) is 12.3 Å².